The van der Waals surface area contributed by atoms with E-state index in [-0.39, 0.29) is 0 Å². The van der Waals surface area contributed by atoms with Gasteiger partial charge in [-0.25, -0.2) is 4.98 Å². The van der Waals surface area contributed by atoms with Gasteiger partial charge in [0.1, 0.15) is 11.5 Å². The molecule has 0 aliphatic rings. The summed E-state index contributed by atoms with van der Waals surface area (Å²) in [5.41, 5.74) is 12.0. The van der Waals surface area contributed by atoms with Crippen molar-refractivity contribution in [3.05, 3.63) is 35.2 Å². The summed E-state index contributed by atoms with van der Waals surface area (Å²) < 4.78 is 2.02. The van der Waals surface area contributed by atoms with E-state index >= 15 is 0 Å². The molecule has 1 heterocycles. The Bertz CT molecular complexity index is 567. The van der Waals surface area contributed by atoms with E-state index in [4.69, 9.17) is 5.73 Å². The lowest BCUT2D eigenvalue weighted by molar-refractivity contribution is 0.686. The molecule has 0 saturated heterocycles. The van der Waals surface area contributed by atoms with Crippen molar-refractivity contribution in [3.63, 3.8) is 0 Å². The lowest BCUT2D eigenvalue weighted by Crippen LogP contribution is -2.01. The lowest BCUT2D eigenvalue weighted by Gasteiger charge is -2.09. The molecule has 0 bridgehead atoms. The minimum atomic E-state index is 0.767. The van der Waals surface area contributed by atoms with Crippen LogP contribution in [0.25, 0.3) is 11.3 Å². The van der Waals surface area contributed by atoms with Crippen LogP contribution in [0, 0.1) is 20.8 Å². The van der Waals surface area contributed by atoms with E-state index < -0.39 is 0 Å². The third-order valence-corrected chi connectivity index (χ3v) is 3.44. The minimum Gasteiger partial charge on any atom is -0.383 e. The Hall–Kier alpha value is -1.77. The molecule has 0 spiro atoms. The minimum absolute atomic E-state index is 0.767. The monoisotopic (exact) mass is 243 g/mol. The molecule has 1 aromatic heterocycles. The van der Waals surface area contributed by atoms with Gasteiger partial charge in [0.25, 0.3) is 0 Å². The van der Waals surface area contributed by atoms with Crippen LogP contribution in [-0.4, -0.2) is 9.55 Å². The summed E-state index contributed by atoms with van der Waals surface area (Å²) in [6.45, 7) is 9.42. The summed E-state index contributed by atoms with van der Waals surface area (Å²) >= 11 is 0. The average molecular weight is 243 g/mol. The van der Waals surface area contributed by atoms with E-state index in [2.05, 4.69) is 44.8 Å². The number of hydrogen-bond donors (Lipinski definition) is 1. The topological polar surface area (TPSA) is 43.8 Å². The predicted molar refractivity (Wildman–Crippen MR) is 76.6 cm³/mol. The molecule has 0 atom stereocenters. The van der Waals surface area contributed by atoms with E-state index in [1.54, 1.807) is 0 Å². The number of imidazole rings is 1. The Morgan fingerprint density at radius 3 is 2.44 bits per heavy atom. The molecule has 0 saturated carbocycles. The highest BCUT2D eigenvalue weighted by atomic mass is 15.1. The molecule has 0 aliphatic carbocycles. The maximum atomic E-state index is 6.18. The molecule has 0 unspecified atom stereocenters. The van der Waals surface area contributed by atoms with E-state index in [9.17, 15) is 0 Å². The summed E-state index contributed by atoms with van der Waals surface area (Å²) in [6, 6.07) is 4.38. The van der Waals surface area contributed by atoms with Gasteiger partial charge in [-0.1, -0.05) is 13.0 Å². The van der Waals surface area contributed by atoms with Crippen molar-refractivity contribution in [2.75, 3.05) is 5.73 Å². The van der Waals surface area contributed by atoms with E-state index in [1.165, 1.54) is 16.7 Å². The van der Waals surface area contributed by atoms with E-state index in [0.717, 1.165) is 30.0 Å². The van der Waals surface area contributed by atoms with Crippen LogP contribution in [0.5, 0.6) is 0 Å². The maximum absolute atomic E-state index is 6.18. The summed E-state index contributed by atoms with van der Waals surface area (Å²) in [5.74, 6) is 0.767. The third kappa shape index (κ3) is 2.13. The van der Waals surface area contributed by atoms with Gasteiger partial charge in [0.2, 0.25) is 0 Å². The third-order valence-electron chi connectivity index (χ3n) is 3.44. The predicted octanol–water partition coefficient (Wildman–Crippen LogP) is 3.47. The van der Waals surface area contributed by atoms with Crippen molar-refractivity contribution in [3.8, 4) is 11.3 Å². The molecule has 2 rings (SSSR count). The van der Waals surface area contributed by atoms with Crippen molar-refractivity contribution in [2.45, 2.75) is 40.7 Å². The van der Waals surface area contributed by atoms with Crippen LogP contribution in [0.4, 0.5) is 5.82 Å². The van der Waals surface area contributed by atoms with Gasteiger partial charge in [-0.05, 0) is 49.9 Å². The first-order chi connectivity index (χ1) is 8.54. The number of aromatic nitrogens is 2. The van der Waals surface area contributed by atoms with Gasteiger partial charge in [0.15, 0.2) is 0 Å². The first-order valence-corrected chi connectivity index (χ1v) is 6.43. The van der Waals surface area contributed by atoms with Crippen LogP contribution >= 0.6 is 0 Å². The van der Waals surface area contributed by atoms with Gasteiger partial charge < -0.3 is 10.3 Å². The Morgan fingerprint density at radius 2 is 1.78 bits per heavy atom. The zero-order valence-electron chi connectivity index (χ0n) is 11.6. The molecular formula is C15H21N3. The van der Waals surface area contributed by atoms with E-state index in [1.807, 2.05) is 10.9 Å². The fourth-order valence-electron chi connectivity index (χ4n) is 2.23. The van der Waals surface area contributed by atoms with Crippen LogP contribution in [0.3, 0.4) is 0 Å². The molecule has 96 valence electrons. The molecule has 0 radical (unpaired) electrons. The fourth-order valence-corrected chi connectivity index (χ4v) is 2.23. The first-order valence-electron chi connectivity index (χ1n) is 6.43. The van der Waals surface area contributed by atoms with Crippen LogP contribution in [0.2, 0.25) is 0 Å². The second-order valence-electron chi connectivity index (χ2n) is 4.92. The maximum Gasteiger partial charge on any atom is 0.131 e. The Labute approximate surface area is 109 Å². The summed E-state index contributed by atoms with van der Waals surface area (Å²) in [4.78, 5) is 4.47. The van der Waals surface area contributed by atoms with Gasteiger partial charge in [0, 0.05) is 12.1 Å². The van der Waals surface area contributed by atoms with Crippen molar-refractivity contribution < 1.29 is 0 Å². The molecular weight excluding hydrogens is 222 g/mol. The molecule has 0 fully saturated rings. The molecule has 3 heteroatoms. The average Bonchev–Trinajstić information content (AvgIpc) is 2.67. The highest BCUT2D eigenvalue weighted by Crippen LogP contribution is 2.29. The van der Waals surface area contributed by atoms with Gasteiger partial charge in [-0.3, -0.25) is 0 Å². The second-order valence-corrected chi connectivity index (χ2v) is 4.92. The zero-order chi connectivity index (χ0) is 13.3. The van der Waals surface area contributed by atoms with Crippen molar-refractivity contribution in [2.24, 2.45) is 0 Å². The highest BCUT2D eigenvalue weighted by Gasteiger charge is 2.12. The van der Waals surface area contributed by atoms with Crippen molar-refractivity contribution in [1.29, 1.82) is 0 Å². The van der Waals surface area contributed by atoms with Crippen molar-refractivity contribution in [1.82, 2.24) is 9.55 Å². The van der Waals surface area contributed by atoms with Crippen LogP contribution in [0.15, 0.2) is 18.5 Å². The molecule has 0 aliphatic heterocycles. The standard InChI is InChI=1S/C15H21N3/c1-5-6-18-9-17-14(15(18)16)13-8-11(3)10(2)7-12(13)4/h7-9H,5-6,16H2,1-4H3. The second kappa shape index (κ2) is 4.84. The van der Waals surface area contributed by atoms with Gasteiger partial charge in [0.05, 0.1) is 6.33 Å². The van der Waals surface area contributed by atoms with Gasteiger partial charge in [-0.15, -0.1) is 0 Å². The number of nitrogens with zero attached hydrogens (tertiary/aromatic N) is 2. The summed E-state index contributed by atoms with van der Waals surface area (Å²) in [5, 5.41) is 0. The normalized spacial score (nSPS) is 10.9. The molecule has 18 heavy (non-hydrogen) atoms. The summed E-state index contributed by atoms with van der Waals surface area (Å²) in [7, 11) is 0. The molecule has 2 aromatic rings. The number of rotatable bonds is 3. The van der Waals surface area contributed by atoms with Crippen LogP contribution in [-0.2, 0) is 6.54 Å². The Kier molecular flexibility index (Phi) is 3.41. The zero-order valence-corrected chi connectivity index (χ0v) is 11.6. The molecule has 1 aromatic carbocycles. The Morgan fingerprint density at radius 1 is 1.11 bits per heavy atom. The van der Waals surface area contributed by atoms with Crippen molar-refractivity contribution >= 4 is 5.82 Å². The number of aryl methyl sites for hydroxylation is 4. The molecule has 3 nitrogen and oxygen atoms in total. The SMILES string of the molecule is CCCn1cnc(-c2cc(C)c(C)cc2C)c1N. The number of nitrogen functional groups attached to an aromatic ring is 1. The quantitative estimate of drug-likeness (QED) is 0.897. The fraction of sp³-hybridized carbons (Fsp3) is 0.400. The lowest BCUT2D eigenvalue weighted by atomic mass is 9.99. The van der Waals surface area contributed by atoms with Crippen LogP contribution < -0.4 is 5.73 Å². The Balaban J connectivity index is 2.52. The summed E-state index contributed by atoms with van der Waals surface area (Å²) in [6.07, 6.45) is 2.90. The number of hydrogen-bond acceptors (Lipinski definition) is 2. The smallest absolute Gasteiger partial charge is 0.131 e. The number of benzene rings is 1. The highest BCUT2D eigenvalue weighted by molar-refractivity contribution is 5.74. The largest absolute Gasteiger partial charge is 0.383 e. The molecule has 2 N–H and O–H groups in total. The molecule has 0 amide bonds. The van der Waals surface area contributed by atoms with E-state index in [0.29, 0.717) is 0 Å². The number of nitrogens with two attached hydrogens (primary N) is 1. The first kappa shape index (κ1) is 12.7. The van der Waals surface area contributed by atoms with Gasteiger partial charge >= 0.3 is 0 Å². The number of anilines is 1. The van der Waals surface area contributed by atoms with Crippen LogP contribution in [0.1, 0.15) is 30.0 Å². The van der Waals surface area contributed by atoms with Gasteiger partial charge in [-0.2, -0.15) is 0 Å².